The Morgan fingerprint density at radius 1 is 0.960 bits per heavy atom. The minimum absolute atomic E-state index is 0. The van der Waals surface area contributed by atoms with Crippen LogP contribution in [0.5, 0.6) is 0 Å². The quantitative estimate of drug-likeness (QED) is 0.117. The molecule has 0 fully saturated rings. The number of nitrogens with two attached hydrogens (primary N) is 1. The van der Waals surface area contributed by atoms with E-state index in [0.29, 0.717) is 27.8 Å². The first-order valence-corrected chi connectivity index (χ1v) is 16.3. The second-order valence-corrected chi connectivity index (χ2v) is 12.5. The summed E-state index contributed by atoms with van der Waals surface area (Å²) in [5.74, 6) is -2.22. The summed E-state index contributed by atoms with van der Waals surface area (Å²) in [6.45, 7) is 0.848. The number of nitrogens with zero attached hydrogens (tertiary/aromatic N) is 3. The molecule has 0 saturated carbocycles. The molecule has 2 amide bonds. The Morgan fingerprint density at radius 3 is 2.36 bits per heavy atom. The summed E-state index contributed by atoms with van der Waals surface area (Å²) in [5.41, 5.74) is 8.79. The van der Waals surface area contributed by atoms with Gasteiger partial charge in [-0.1, -0.05) is 60.7 Å². The summed E-state index contributed by atoms with van der Waals surface area (Å²) in [7, 11) is -4.35. The molecule has 0 radical (unpaired) electrons. The summed E-state index contributed by atoms with van der Waals surface area (Å²) >= 11 is 0. The molecule has 0 unspecified atom stereocenters. The summed E-state index contributed by atoms with van der Waals surface area (Å²) in [5, 5.41) is 11.1. The molecule has 3 aromatic carbocycles. The Hall–Kier alpha value is -5.35. The molecular weight excluding hydrogens is 688 g/mol. The lowest BCUT2D eigenvalue weighted by Gasteiger charge is -2.30. The molecule has 266 valence electrons. The van der Waals surface area contributed by atoms with Crippen molar-refractivity contribution in [1.82, 2.24) is 19.5 Å². The van der Waals surface area contributed by atoms with Crippen LogP contribution in [0.4, 0.5) is 0 Å². The van der Waals surface area contributed by atoms with Crippen LogP contribution >= 0.6 is 12.4 Å². The number of aromatic nitrogens is 1. The van der Waals surface area contributed by atoms with Crippen LogP contribution in [0.3, 0.4) is 0 Å². The Kier molecular flexibility index (Phi) is 14.6. The summed E-state index contributed by atoms with van der Waals surface area (Å²) in [6.07, 6.45) is 3.57. The molecule has 0 spiro atoms. The Morgan fingerprint density at radius 2 is 1.66 bits per heavy atom. The number of rotatable bonds is 11. The van der Waals surface area contributed by atoms with E-state index in [9.17, 15) is 22.8 Å². The highest BCUT2D eigenvalue weighted by atomic mass is 35.5. The molecular formula is C34H39ClN6O8S. The Labute approximate surface area is 295 Å². The van der Waals surface area contributed by atoms with Gasteiger partial charge in [0.15, 0.2) is 5.96 Å². The number of hydrogen-bond acceptors (Lipinski definition) is 8. The lowest BCUT2D eigenvalue weighted by Crippen LogP contribution is -2.42. The summed E-state index contributed by atoms with van der Waals surface area (Å²) < 4.78 is 34.5. The smallest absolute Gasteiger partial charge is 0.325 e. The lowest BCUT2D eigenvalue weighted by molar-refractivity contribution is -0.143. The number of guanidine groups is 1. The topological polar surface area (TPSA) is 239 Å². The molecule has 1 aromatic heterocycles. The van der Waals surface area contributed by atoms with E-state index in [2.05, 4.69) is 10.3 Å². The number of sulfonamides is 1. The molecule has 50 heavy (non-hydrogen) atoms. The van der Waals surface area contributed by atoms with Gasteiger partial charge in [-0.15, -0.1) is 12.4 Å². The summed E-state index contributed by atoms with van der Waals surface area (Å²) in [6, 6.07) is 22.5. The van der Waals surface area contributed by atoms with Gasteiger partial charge in [0, 0.05) is 22.8 Å². The van der Waals surface area contributed by atoms with Crippen molar-refractivity contribution in [3.63, 3.8) is 0 Å². The van der Waals surface area contributed by atoms with E-state index in [4.69, 9.17) is 15.9 Å². The van der Waals surface area contributed by atoms with Gasteiger partial charge in [-0.3, -0.25) is 34.0 Å². The van der Waals surface area contributed by atoms with E-state index >= 15 is 0 Å². The fraction of sp³-hybridized carbons (Fsp3) is 0.206. The van der Waals surface area contributed by atoms with Crippen LogP contribution in [0.1, 0.15) is 40.4 Å². The third-order valence-electron chi connectivity index (χ3n) is 7.62. The maximum atomic E-state index is 14.3. The third-order valence-corrected chi connectivity index (χ3v) is 9.45. The molecule has 8 N–H and O–H groups in total. The predicted octanol–water partition coefficient (Wildman–Crippen LogP) is 2.20. The van der Waals surface area contributed by atoms with Crippen LogP contribution < -0.4 is 11.1 Å². The van der Waals surface area contributed by atoms with Crippen LogP contribution in [-0.2, 0) is 37.3 Å². The molecule has 1 heterocycles. The highest BCUT2D eigenvalue weighted by Crippen LogP contribution is 2.33. The average molecular weight is 727 g/mol. The number of allylic oxidation sites excluding steroid dienone is 1. The number of nitrogens with one attached hydrogen (secondary N) is 2. The summed E-state index contributed by atoms with van der Waals surface area (Å²) in [4.78, 5) is 44.1. The molecule has 0 saturated heterocycles. The van der Waals surface area contributed by atoms with Crippen LogP contribution in [0.15, 0.2) is 95.7 Å². The standard InChI is InChI=1S/C34H34N6O6S.ClH.2H2O/c1-2-46-31(42)20-38-30(41)22-40(47(44,45)29-15-7-11-24-13-8-18-37-32(24)29)26-16-17-27-25(19-26)12-6-14-28(27)33(43)39(34(35)36)21-23-9-4-3-5-10-23;;;/h3-15,18-19H,2,16-17,20-22H2,1H3,(H3,35,36)(H,38,41);1H;2*1H2. The second-order valence-electron chi connectivity index (χ2n) is 10.7. The molecule has 5 rings (SSSR count). The first-order valence-electron chi connectivity index (χ1n) is 14.9. The van der Waals surface area contributed by atoms with Gasteiger partial charge in [-0.2, -0.15) is 0 Å². The normalized spacial score (nSPS) is 11.7. The number of benzene rings is 3. The van der Waals surface area contributed by atoms with E-state index in [1.54, 1.807) is 55.5 Å². The van der Waals surface area contributed by atoms with Gasteiger partial charge in [0.05, 0.1) is 18.7 Å². The van der Waals surface area contributed by atoms with E-state index in [1.165, 1.54) is 17.2 Å². The number of carbonyl (C=O) groups excluding carboxylic acids is 3. The van der Waals surface area contributed by atoms with Crippen molar-refractivity contribution in [1.29, 1.82) is 5.41 Å². The minimum Gasteiger partial charge on any atom is -0.465 e. The van der Waals surface area contributed by atoms with Gasteiger partial charge in [0.2, 0.25) is 5.91 Å². The number of fused-ring (bicyclic) bond motifs is 2. The number of pyridine rings is 1. The fourth-order valence-electron chi connectivity index (χ4n) is 5.41. The first-order chi connectivity index (χ1) is 22.6. The highest BCUT2D eigenvalue weighted by Gasteiger charge is 2.33. The largest absolute Gasteiger partial charge is 0.465 e. The molecule has 1 aliphatic carbocycles. The average Bonchev–Trinajstić information content (AvgIpc) is 3.08. The predicted molar refractivity (Wildman–Crippen MR) is 191 cm³/mol. The van der Waals surface area contributed by atoms with Gasteiger partial charge in [0.1, 0.15) is 18.0 Å². The van der Waals surface area contributed by atoms with Crippen molar-refractivity contribution in [2.45, 2.75) is 31.2 Å². The SMILES string of the molecule is CCOC(=O)CNC(=O)CN(C1=Cc2cccc(C(=O)N(Cc3ccccc3)C(=N)N)c2CC1)S(=O)(=O)c1cccc2cccnc12.Cl.O.O. The molecule has 4 aromatic rings. The third kappa shape index (κ3) is 9.00. The maximum absolute atomic E-state index is 14.3. The molecule has 1 aliphatic rings. The number of hydrogen-bond donors (Lipinski definition) is 3. The highest BCUT2D eigenvalue weighted by molar-refractivity contribution is 7.89. The number of amides is 2. The first kappa shape index (κ1) is 40.8. The van der Waals surface area contributed by atoms with Crippen LogP contribution in [0, 0.1) is 5.41 Å². The zero-order valence-electron chi connectivity index (χ0n) is 27.1. The molecule has 0 bridgehead atoms. The maximum Gasteiger partial charge on any atom is 0.325 e. The number of halogens is 1. The Bertz CT molecular complexity index is 1990. The fourth-order valence-corrected chi connectivity index (χ4v) is 7.05. The zero-order chi connectivity index (χ0) is 33.6. The van der Waals surface area contributed by atoms with Crippen LogP contribution in [0.2, 0.25) is 0 Å². The minimum atomic E-state index is -4.35. The van der Waals surface area contributed by atoms with Crippen molar-refractivity contribution in [3.8, 4) is 0 Å². The number of para-hydroxylation sites is 1. The van der Waals surface area contributed by atoms with Crippen molar-refractivity contribution in [3.05, 3.63) is 113 Å². The Balaban J connectivity index is 0.00000289. The van der Waals surface area contributed by atoms with E-state index < -0.39 is 46.9 Å². The van der Waals surface area contributed by atoms with E-state index in [1.807, 2.05) is 30.3 Å². The number of carbonyl (C=O) groups is 3. The van der Waals surface area contributed by atoms with Gasteiger partial charge in [-0.05, 0) is 60.7 Å². The van der Waals surface area contributed by atoms with Crippen molar-refractivity contribution >= 4 is 63.2 Å². The van der Waals surface area contributed by atoms with Crippen LogP contribution in [0.25, 0.3) is 17.0 Å². The molecule has 0 aliphatic heterocycles. The van der Waals surface area contributed by atoms with Crippen molar-refractivity contribution < 1.29 is 38.5 Å². The molecule has 16 heteroatoms. The monoisotopic (exact) mass is 726 g/mol. The second kappa shape index (κ2) is 17.9. The zero-order valence-corrected chi connectivity index (χ0v) is 28.7. The van der Waals surface area contributed by atoms with Gasteiger partial charge < -0.3 is 26.7 Å². The van der Waals surface area contributed by atoms with Crippen molar-refractivity contribution in [2.24, 2.45) is 5.73 Å². The van der Waals surface area contributed by atoms with Gasteiger partial charge >= 0.3 is 5.97 Å². The van der Waals surface area contributed by atoms with Crippen molar-refractivity contribution in [2.75, 3.05) is 19.7 Å². The van der Waals surface area contributed by atoms with E-state index in [0.717, 1.165) is 9.87 Å². The number of esters is 1. The lowest BCUT2D eigenvalue weighted by atomic mass is 9.90. The molecule has 14 nitrogen and oxygen atoms in total. The van der Waals surface area contributed by atoms with Crippen LogP contribution in [-0.4, -0.2) is 77.0 Å². The van der Waals surface area contributed by atoms with E-state index in [-0.39, 0.29) is 59.8 Å². The van der Waals surface area contributed by atoms with Gasteiger partial charge in [0.25, 0.3) is 15.9 Å². The number of ether oxygens (including phenoxy) is 1. The molecule has 0 atom stereocenters. The van der Waals surface area contributed by atoms with Gasteiger partial charge in [-0.25, -0.2) is 8.42 Å².